The van der Waals surface area contributed by atoms with Crippen molar-refractivity contribution < 1.29 is 9.59 Å². The minimum atomic E-state index is -0.0867. The Labute approximate surface area is 155 Å². The van der Waals surface area contributed by atoms with Gasteiger partial charge in [0.1, 0.15) is 5.70 Å². The summed E-state index contributed by atoms with van der Waals surface area (Å²) in [5.74, 6) is -0.0867. The van der Waals surface area contributed by atoms with E-state index in [4.69, 9.17) is 0 Å². The zero-order valence-corrected chi connectivity index (χ0v) is 15.4. The van der Waals surface area contributed by atoms with Crippen LogP contribution in [0.3, 0.4) is 0 Å². The Morgan fingerprint density at radius 2 is 1.27 bits per heavy atom. The predicted octanol–water partition coefficient (Wildman–Crippen LogP) is 4.96. The molecular weight excluding hydrogens is 324 g/mol. The van der Waals surface area contributed by atoms with E-state index >= 15 is 0 Å². The highest BCUT2D eigenvalue weighted by Gasteiger charge is 2.47. The van der Waals surface area contributed by atoms with E-state index in [9.17, 15) is 9.59 Å². The van der Waals surface area contributed by atoms with Crippen LogP contribution >= 0.6 is 0 Å². The zero-order chi connectivity index (χ0) is 17.9. The van der Waals surface area contributed by atoms with Gasteiger partial charge in [-0.15, -0.1) is 0 Å². The molecule has 4 nitrogen and oxygen atoms in total. The van der Waals surface area contributed by atoms with Gasteiger partial charge < -0.3 is 0 Å². The standard InChI is InChI=1S/C22H28N2O2/c25-21-20(16-17-10-4-1-5-11-17)23(18-12-6-2-7-13-18)22(26)24(21)19-14-8-3-9-15-19/h1,4-5,10-11,16,18-19H,2-3,6-9,12-15H2/b20-16+. The minimum absolute atomic E-state index is 0.0732. The average molecular weight is 352 g/mol. The summed E-state index contributed by atoms with van der Waals surface area (Å²) in [6.45, 7) is 0. The van der Waals surface area contributed by atoms with E-state index in [1.165, 1.54) is 12.8 Å². The topological polar surface area (TPSA) is 40.6 Å². The number of nitrogens with zero attached hydrogens (tertiary/aromatic N) is 2. The van der Waals surface area contributed by atoms with Crippen molar-refractivity contribution in [3.05, 3.63) is 41.6 Å². The predicted molar refractivity (Wildman–Crippen MR) is 102 cm³/mol. The number of carbonyl (C=O) groups excluding carboxylic acids is 2. The number of hydrogen-bond acceptors (Lipinski definition) is 2. The fourth-order valence-corrected chi connectivity index (χ4v) is 4.72. The zero-order valence-electron chi connectivity index (χ0n) is 15.4. The lowest BCUT2D eigenvalue weighted by Gasteiger charge is -2.32. The van der Waals surface area contributed by atoms with Crippen LogP contribution in [0.5, 0.6) is 0 Å². The molecule has 0 radical (unpaired) electrons. The summed E-state index contributed by atoms with van der Waals surface area (Å²) >= 11 is 0. The summed E-state index contributed by atoms with van der Waals surface area (Å²) in [5, 5.41) is 0. The van der Waals surface area contributed by atoms with Crippen LogP contribution in [-0.4, -0.2) is 33.8 Å². The van der Waals surface area contributed by atoms with Crippen LogP contribution in [0.2, 0.25) is 0 Å². The van der Waals surface area contributed by atoms with Gasteiger partial charge in [0.15, 0.2) is 0 Å². The van der Waals surface area contributed by atoms with Crippen LogP contribution in [0.4, 0.5) is 4.79 Å². The Morgan fingerprint density at radius 3 is 1.85 bits per heavy atom. The second-order valence-corrected chi connectivity index (χ2v) is 7.85. The molecule has 1 aliphatic heterocycles. The molecule has 26 heavy (non-hydrogen) atoms. The lowest BCUT2D eigenvalue weighted by atomic mass is 9.94. The van der Waals surface area contributed by atoms with E-state index in [-0.39, 0.29) is 24.0 Å². The molecule has 3 aliphatic rings. The van der Waals surface area contributed by atoms with Gasteiger partial charge in [0.25, 0.3) is 5.91 Å². The van der Waals surface area contributed by atoms with Crippen molar-refractivity contribution in [3.63, 3.8) is 0 Å². The van der Waals surface area contributed by atoms with Crippen molar-refractivity contribution in [1.29, 1.82) is 0 Å². The normalized spacial score (nSPS) is 24.7. The minimum Gasteiger partial charge on any atom is -0.286 e. The summed E-state index contributed by atoms with van der Waals surface area (Å²) in [5.41, 5.74) is 1.56. The molecule has 4 heteroatoms. The van der Waals surface area contributed by atoms with Crippen molar-refractivity contribution in [2.24, 2.45) is 0 Å². The lowest BCUT2D eigenvalue weighted by Crippen LogP contribution is -2.44. The summed E-state index contributed by atoms with van der Waals surface area (Å²) in [6, 6.07) is 10.1. The van der Waals surface area contributed by atoms with E-state index in [2.05, 4.69) is 0 Å². The maximum Gasteiger partial charge on any atom is 0.332 e. The third-order valence-electron chi connectivity index (χ3n) is 6.09. The molecule has 2 aliphatic carbocycles. The molecule has 138 valence electrons. The van der Waals surface area contributed by atoms with Gasteiger partial charge in [-0.1, -0.05) is 68.9 Å². The van der Waals surface area contributed by atoms with Gasteiger partial charge in [-0.2, -0.15) is 0 Å². The van der Waals surface area contributed by atoms with Gasteiger partial charge >= 0.3 is 6.03 Å². The smallest absolute Gasteiger partial charge is 0.286 e. The molecule has 4 rings (SSSR count). The molecule has 1 aromatic carbocycles. The van der Waals surface area contributed by atoms with Crippen LogP contribution < -0.4 is 0 Å². The summed E-state index contributed by atoms with van der Waals surface area (Å²) < 4.78 is 0. The third kappa shape index (κ3) is 3.29. The number of hydrogen-bond donors (Lipinski definition) is 0. The SMILES string of the molecule is O=C1/C(=C\c2ccccc2)N(C2CCCCC2)C(=O)N1C1CCCCC1. The number of rotatable bonds is 3. The number of urea groups is 1. The average Bonchev–Trinajstić information content (AvgIpc) is 2.94. The molecule has 0 unspecified atom stereocenters. The first-order valence-corrected chi connectivity index (χ1v) is 10.2. The quantitative estimate of drug-likeness (QED) is 0.570. The molecule has 0 spiro atoms. The second-order valence-electron chi connectivity index (χ2n) is 7.85. The van der Waals surface area contributed by atoms with Crippen LogP contribution in [0, 0.1) is 0 Å². The van der Waals surface area contributed by atoms with E-state index in [1.807, 2.05) is 41.3 Å². The molecule has 3 fully saturated rings. The highest BCUT2D eigenvalue weighted by atomic mass is 16.2. The van der Waals surface area contributed by atoms with Crippen molar-refractivity contribution in [1.82, 2.24) is 9.80 Å². The van der Waals surface area contributed by atoms with Crippen LogP contribution in [-0.2, 0) is 4.79 Å². The van der Waals surface area contributed by atoms with Crippen molar-refractivity contribution in [2.45, 2.75) is 76.3 Å². The van der Waals surface area contributed by atoms with Crippen molar-refractivity contribution >= 4 is 18.0 Å². The number of imide groups is 1. The molecule has 1 aromatic rings. The second kappa shape index (κ2) is 7.65. The molecule has 1 saturated heterocycles. The van der Waals surface area contributed by atoms with E-state index < -0.39 is 0 Å². The van der Waals surface area contributed by atoms with Crippen LogP contribution in [0.1, 0.15) is 69.8 Å². The molecule has 0 bridgehead atoms. The summed E-state index contributed by atoms with van der Waals surface area (Å²) in [4.78, 5) is 30.0. The van der Waals surface area contributed by atoms with Gasteiger partial charge in [0.2, 0.25) is 0 Å². The molecule has 2 saturated carbocycles. The number of benzene rings is 1. The highest BCUT2D eigenvalue weighted by molar-refractivity contribution is 6.14. The van der Waals surface area contributed by atoms with Gasteiger partial charge in [0, 0.05) is 12.1 Å². The van der Waals surface area contributed by atoms with Gasteiger partial charge in [-0.25, -0.2) is 4.79 Å². The van der Waals surface area contributed by atoms with Crippen LogP contribution in [0.25, 0.3) is 6.08 Å². The molecule has 3 amide bonds. The van der Waals surface area contributed by atoms with E-state index in [1.54, 1.807) is 4.90 Å². The maximum atomic E-state index is 13.3. The van der Waals surface area contributed by atoms with Crippen LogP contribution in [0.15, 0.2) is 36.0 Å². The van der Waals surface area contributed by atoms with Gasteiger partial charge in [0.05, 0.1) is 0 Å². The Hall–Kier alpha value is -2.10. The Balaban J connectivity index is 1.69. The first-order valence-electron chi connectivity index (χ1n) is 10.2. The number of carbonyl (C=O) groups is 2. The Bertz CT molecular complexity index is 685. The monoisotopic (exact) mass is 352 g/mol. The molecule has 1 heterocycles. The fraction of sp³-hybridized carbons (Fsp3) is 0.545. The molecule has 0 atom stereocenters. The van der Waals surface area contributed by atoms with Gasteiger partial charge in [-0.3, -0.25) is 14.6 Å². The lowest BCUT2D eigenvalue weighted by molar-refractivity contribution is -0.125. The first kappa shape index (κ1) is 17.3. The largest absolute Gasteiger partial charge is 0.332 e. The fourth-order valence-electron chi connectivity index (χ4n) is 4.72. The molecule has 0 aromatic heterocycles. The summed E-state index contributed by atoms with van der Waals surface area (Å²) in [7, 11) is 0. The maximum absolute atomic E-state index is 13.3. The molecular formula is C22H28N2O2. The third-order valence-corrected chi connectivity index (χ3v) is 6.09. The Kier molecular flexibility index (Phi) is 5.09. The van der Waals surface area contributed by atoms with E-state index in [0.717, 1.165) is 56.9 Å². The molecule has 0 N–H and O–H groups in total. The van der Waals surface area contributed by atoms with Gasteiger partial charge in [-0.05, 0) is 37.3 Å². The van der Waals surface area contributed by atoms with Crippen molar-refractivity contribution in [2.75, 3.05) is 0 Å². The number of amides is 3. The van der Waals surface area contributed by atoms with Crippen molar-refractivity contribution in [3.8, 4) is 0 Å². The first-order chi connectivity index (χ1) is 12.8. The summed E-state index contributed by atoms with van der Waals surface area (Å²) in [6.07, 6.45) is 12.8. The highest BCUT2D eigenvalue weighted by Crippen LogP contribution is 2.36. The Morgan fingerprint density at radius 1 is 0.731 bits per heavy atom. The van der Waals surface area contributed by atoms with E-state index in [0.29, 0.717) is 5.70 Å².